The van der Waals surface area contributed by atoms with E-state index in [2.05, 4.69) is 20.5 Å². The molecule has 20 heavy (non-hydrogen) atoms. The van der Waals surface area contributed by atoms with E-state index in [4.69, 9.17) is 16.3 Å². The highest BCUT2D eigenvalue weighted by Gasteiger charge is 2.32. The van der Waals surface area contributed by atoms with Gasteiger partial charge in [0.25, 0.3) is 5.91 Å². The summed E-state index contributed by atoms with van der Waals surface area (Å²) in [7, 11) is 0. The summed E-state index contributed by atoms with van der Waals surface area (Å²) in [5, 5.41) is 10.2. The molecular weight excluding hydrogens is 280 g/mol. The van der Waals surface area contributed by atoms with Crippen LogP contribution in [-0.4, -0.2) is 33.7 Å². The lowest BCUT2D eigenvalue weighted by Gasteiger charge is -2.18. The number of nitrogens with one attached hydrogen (secondary N) is 2. The maximum absolute atomic E-state index is 12.1. The number of hydrogen-bond acceptors (Lipinski definition) is 4. The Labute approximate surface area is 120 Å². The summed E-state index contributed by atoms with van der Waals surface area (Å²) in [5.74, 6) is -0.235. The highest BCUT2D eigenvalue weighted by atomic mass is 35.5. The number of nitrogens with zero attached hydrogens (tertiary/aromatic N) is 2. The molecule has 0 aromatic carbocycles. The zero-order valence-corrected chi connectivity index (χ0v) is 11.3. The fourth-order valence-corrected chi connectivity index (χ4v) is 2.33. The van der Waals surface area contributed by atoms with Gasteiger partial charge in [-0.05, 0) is 24.6 Å². The van der Waals surface area contributed by atoms with Gasteiger partial charge in [-0.15, -0.1) is 0 Å². The van der Waals surface area contributed by atoms with E-state index in [1.807, 2.05) is 6.07 Å². The molecule has 0 spiro atoms. The lowest BCUT2D eigenvalue weighted by Crippen LogP contribution is -2.37. The fourth-order valence-electron chi connectivity index (χ4n) is 2.22. The first-order valence-corrected chi connectivity index (χ1v) is 6.65. The van der Waals surface area contributed by atoms with E-state index in [1.54, 1.807) is 18.3 Å². The summed E-state index contributed by atoms with van der Waals surface area (Å²) in [4.78, 5) is 16.1. The van der Waals surface area contributed by atoms with Crippen molar-refractivity contribution in [2.24, 2.45) is 0 Å². The smallest absolute Gasteiger partial charge is 0.270 e. The van der Waals surface area contributed by atoms with Crippen molar-refractivity contribution in [1.29, 1.82) is 0 Å². The number of aromatic nitrogens is 3. The molecule has 0 aliphatic carbocycles. The average Bonchev–Trinajstić information content (AvgIpc) is 3.09. The second kappa shape index (κ2) is 5.60. The molecule has 1 saturated heterocycles. The Kier molecular flexibility index (Phi) is 3.66. The Hall–Kier alpha value is -1.92. The van der Waals surface area contributed by atoms with Crippen LogP contribution in [0.4, 0.5) is 0 Å². The van der Waals surface area contributed by atoms with Crippen LogP contribution in [0.25, 0.3) is 0 Å². The molecule has 3 heterocycles. The van der Waals surface area contributed by atoms with Crippen LogP contribution in [0.2, 0.25) is 5.02 Å². The van der Waals surface area contributed by atoms with E-state index < -0.39 is 0 Å². The number of halogens is 1. The monoisotopic (exact) mass is 292 g/mol. The Morgan fingerprint density at radius 2 is 2.35 bits per heavy atom. The maximum Gasteiger partial charge on any atom is 0.270 e. The van der Waals surface area contributed by atoms with Gasteiger partial charge in [0.1, 0.15) is 11.8 Å². The number of pyridine rings is 1. The van der Waals surface area contributed by atoms with Gasteiger partial charge in [-0.3, -0.25) is 9.89 Å². The normalized spacial score (nSPS) is 21.9. The predicted octanol–water partition coefficient (Wildman–Crippen LogP) is 1.72. The van der Waals surface area contributed by atoms with Gasteiger partial charge in [-0.2, -0.15) is 5.10 Å². The summed E-state index contributed by atoms with van der Waals surface area (Å²) in [6.45, 7) is 0.600. The minimum atomic E-state index is -0.235. The first kappa shape index (κ1) is 13.1. The van der Waals surface area contributed by atoms with Crippen LogP contribution in [0.5, 0.6) is 0 Å². The maximum atomic E-state index is 12.1. The van der Waals surface area contributed by atoms with Crippen LogP contribution >= 0.6 is 11.6 Å². The molecular formula is C13H13ClN4O2. The minimum Gasteiger partial charge on any atom is -0.370 e. The summed E-state index contributed by atoms with van der Waals surface area (Å²) in [6, 6.07) is 4.98. The molecule has 2 aromatic heterocycles. The van der Waals surface area contributed by atoms with Crippen molar-refractivity contribution in [2.45, 2.75) is 18.6 Å². The van der Waals surface area contributed by atoms with Gasteiger partial charge in [-0.25, -0.2) is 4.98 Å². The molecule has 1 aliphatic heterocycles. The lowest BCUT2D eigenvalue weighted by molar-refractivity contribution is 0.0804. The molecule has 1 aliphatic rings. The first-order chi connectivity index (χ1) is 9.74. The third kappa shape index (κ3) is 2.66. The number of rotatable bonds is 3. The van der Waals surface area contributed by atoms with Crippen LogP contribution in [0.1, 0.15) is 28.7 Å². The van der Waals surface area contributed by atoms with E-state index in [1.165, 1.54) is 6.20 Å². The average molecular weight is 293 g/mol. The molecule has 1 fully saturated rings. The lowest BCUT2D eigenvalue weighted by atomic mass is 10.1. The van der Waals surface area contributed by atoms with Gasteiger partial charge in [0, 0.05) is 19.0 Å². The third-order valence-corrected chi connectivity index (χ3v) is 3.42. The molecule has 0 saturated carbocycles. The molecule has 7 heteroatoms. The molecule has 2 atom stereocenters. The zero-order chi connectivity index (χ0) is 13.9. The van der Waals surface area contributed by atoms with Gasteiger partial charge >= 0.3 is 0 Å². The Balaban J connectivity index is 1.70. The van der Waals surface area contributed by atoms with Crippen LogP contribution in [-0.2, 0) is 4.74 Å². The van der Waals surface area contributed by atoms with Crippen molar-refractivity contribution < 1.29 is 9.53 Å². The molecule has 0 bridgehead atoms. The van der Waals surface area contributed by atoms with Gasteiger partial charge in [-0.1, -0.05) is 11.6 Å². The summed E-state index contributed by atoms with van der Waals surface area (Å²) in [5.41, 5.74) is 1.20. The minimum absolute atomic E-state index is 0.0968. The number of carbonyl (C=O) groups is 1. The molecule has 0 unspecified atom stereocenters. The van der Waals surface area contributed by atoms with Crippen molar-refractivity contribution >= 4 is 17.5 Å². The van der Waals surface area contributed by atoms with Gasteiger partial charge in [0.2, 0.25) is 0 Å². The quantitative estimate of drug-likeness (QED) is 0.903. The third-order valence-electron chi connectivity index (χ3n) is 3.20. The topological polar surface area (TPSA) is 79.9 Å². The van der Waals surface area contributed by atoms with Crippen molar-refractivity contribution in [3.8, 4) is 0 Å². The second-order valence-electron chi connectivity index (χ2n) is 4.53. The van der Waals surface area contributed by atoms with E-state index in [0.29, 0.717) is 17.3 Å². The Bertz CT molecular complexity index is 585. The predicted molar refractivity (Wildman–Crippen MR) is 72.4 cm³/mol. The van der Waals surface area contributed by atoms with Crippen LogP contribution in [0, 0.1) is 0 Å². The van der Waals surface area contributed by atoms with Gasteiger partial charge < -0.3 is 10.1 Å². The zero-order valence-electron chi connectivity index (χ0n) is 10.5. The number of carbonyl (C=O) groups excluding carboxylic acids is 1. The van der Waals surface area contributed by atoms with Gasteiger partial charge in [0.15, 0.2) is 0 Å². The molecule has 6 nitrogen and oxygen atoms in total. The van der Waals surface area contributed by atoms with Crippen molar-refractivity contribution in [3.05, 3.63) is 47.0 Å². The molecule has 1 amide bonds. The summed E-state index contributed by atoms with van der Waals surface area (Å²) >= 11 is 5.75. The number of hydrogen-bond donors (Lipinski definition) is 2. The fraction of sp³-hybridized carbons (Fsp3) is 0.308. The van der Waals surface area contributed by atoms with Crippen LogP contribution in [0.3, 0.4) is 0 Å². The van der Waals surface area contributed by atoms with Gasteiger partial charge in [0.05, 0.1) is 16.8 Å². The first-order valence-electron chi connectivity index (χ1n) is 6.27. The molecule has 104 valence electrons. The SMILES string of the molecule is O=C(N[C@@H]1CCO[C@H]1c1ccn[nH]1)c1ccc(Cl)cn1. The Morgan fingerprint density at radius 3 is 3.05 bits per heavy atom. The molecule has 2 aromatic rings. The van der Waals surface area contributed by atoms with E-state index >= 15 is 0 Å². The van der Waals surface area contributed by atoms with E-state index in [0.717, 1.165) is 12.1 Å². The molecule has 0 radical (unpaired) electrons. The Morgan fingerprint density at radius 1 is 1.45 bits per heavy atom. The van der Waals surface area contributed by atoms with Crippen molar-refractivity contribution in [2.75, 3.05) is 6.61 Å². The van der Waals surface area contributed by atoms with Crippen LogP contribution < -0.4 is 5.32 Å². The number of H-pyrrole nitrogens is 1. The van der Waals surface area contributed by atoms with E-state index in [9.17, 15) is 4.79 Å². The number of aromatic amines is 1. The number of amides is 1. The van der Waals surface area contributed by atoms with Crippen molar-refractivity contribution in [1.82, 2.24) is 20.5 Å². The number of ether oxygens (including phenoxy) is 1. The van der Waals surface area contributed by atoms with E-state index in [-0.39, 0.29) is 18.1 Å². The summed E-state index contributed by atoms with van der Waals surface area (Å²) < 4.78 is 5.64. The standard InChI is InChI=1S/C13H13ClN4O2/c14-8-1-2-11(15-7-8)13(19)17-9-4-6-20-12(9)10-3-5-16-18-10/h1-3,5,7,9,12H,4,6H2,(H,16,18)(H,17,19)/t9-,12-/m1/s1. The highest BCUT2D eigenvalue weighted by molar-refractivity contribution is 6.30. The molecule has 2 N–H and O–H groups in total. The van der Waals surface area contributed by atoms with Crippen LogP contribution in [0.15, 0.2) is 30.6 Å². The second-order valence-corrected chi connectivity index (χ2v) is 4.97. The van der Waals surface area contributed by atoms with Crippen molar-refractivity contribution in [3.63, 3.8) is 0 Å². The summed E-state index contributed by atoms with van der Waals surface area (Å²) in [6.07, 6.45) is 3.67. The highest BCUT2D eigenvalue weighted by Crippen LogP contribution is 2.27. The largest absolute Gasteiger partial charge is 0.370 e. The molecule has 3 rings (SSSR count).